The Labute approximate surface area is 117 Å². The van der Waals surface area contributed by atoms with Gasteiger partial charge in [0.05, 0.1) is 12.8 Å². The molecule has 0 saturated carbocycles. The largest absolute Gasteiger partial charge is 0.495 e. The minimum atomic E-state index is -0.262. The third-order valence-corrected chi connectivity index (χ3v) is 3.38. The van der Waals surface area contributed by atoms with E-state index in [9.17, 15) is 4.79 Å². The number of carbonyl (C=O) groups excluding carboxylic acids is 1. The zero-order valence-corrected chi connectivity index (χ0v) is 11.5. The molecule has 0 atom stereocenters. The smallest absolute Gasteiger partial charge is 0.319 e. The topological polar surface area (TPSA) is 59.6 Å². The molecule has 0 radical (unpaired) electrons. The van der Waals surface area contributed by atoms with Gasteiger partial charge in [0.25, 0.3) is 0 Å². The summed E-state index contributed by atoms with van der Waals surface area (Å²) in [4.78, 5) is 11.9. The van der Waals surface area contributed by atoms with Crippen LogP contribution in [0.2, 0.25) is 5.02 Å². The number of nitrogens with one attached hydrogen (secondary N) is 2. The molecule has 0 unspecified atom stereocenters. The summed E-state index contributed by atoms with van der Waals surface area (Å²) in [6.45, 7) is 1.37. The Morgan fingerprint density at radius 3 is 2.84 bits per heavy atom. The molecule has 0 aromatic heterocycles. The molecule has 2 rings (SSSR count). The SMILES string of the molecule is COc1cccc(NC(=O)NC2CCOCC2)c1Cl. The van der Waals surface area contributed by atoms with Gasteiger partial charge >= 0.3 is 6.03 Å². The van der Waals surface area contributed by atoms with Crippen LogP contribution in [0.4, 0.5) is 10.5 Å². The van der Waals surface area contributed by atoms with Crippen LogP contribution in [-0.2, 0) is 4.74 Å². The summed E-state index contributed by atoms with van der Waals surface area (Å²) >= 11 is 6.11. The molecular weight excluding hydrogens is 268 g/mol. The first kappa shape index (κ1) is 14.0. The van der Waals surface area contributed by atoms with Gasteiger partial charge in [-0.1, -0.05) is 17.7 Å². The summed E-state index contributed by atoms with van der Waals surface area (Å²) in [5, 5.41) is 6.03. The molecule has 1 aliphatic heterocycles. The molecule has 0 spiro atoms. The molecule has 0 aliphatic carbocycles. The van der Waals surface area contributed by atoms with Crippen LogP contribution in [0, 0.1) is 0 Å². The third kappa shape index (κ3) is 3.75. The van der Waals surface area contributed by atoms with Gasteiger partial charge in [-0.15, -0.1) is 0 Å². The maximum Gasteiger partial charge on any atom is 0.319 e. The number of ether oxygens (including phenoxy) is 2. The van der Waals surface area contributed by atoms with E-state index in [4.69, 9.17) is 21.1 Å². The quantitative estimate of drug-likeness (QED) is 0.897. The molecule has 1 aromatic rings. The van der Waals surface area contributed by atoms with Gasteiger partial charge < -0.3 is 20.1 Å². The van der Waals surface area contributed by atoms with Gasteiger partial charge in [0.1, 0.15) is 10.8 Å². The lowest BCUT2D eigenvalue weighted by Crippen LogP contribution is -2.41. The van der Waals surface area contributed by atoms with Gasteiger partial charge in [-0.05, 0) is 25.0 Å². The van der Waals surface area contributed by atoms with Crippen LogP contribution in [0.5, 0.6) is 5.75 Å². The van der Waals surface area contributed by atoms with E-state index >= 15 is 0 Å². The van der Waals surface area contributed by atoms with Crippen molar-refractivity contribution in [2.24, 2.45) is 0 Å². The Morgan fingerprint density at radius 1 is 1.42 bits per heavy atom. The normalized spacial score (nSPS) is 15.9. The third-order valence-electron chi connectivity index (χ3n) is 2.99. The van der Waals surface area contributed by atoms with E-state index in [1.54, 1.807) is 18.2 Å². The second-order valence-electron chi connectivity index (χ2n) is 4.31. The van der Waals surface area contributed by atoms with Crippen molar-refractivity contribution < 1.29 is 14.3 Å². The Bertz CT molecular complexity index is 448. The lowest BCUT2D eigenvalue weighted by Gasteiger charge is -2.23. The number of anilines is 1. The first-order valence-corrected chi connectivity index (χ1v) is 6.56. The van der Waals surface area contributed by atoms with Gasteiger partial charge in [0.2, 0.25) is 0 Å². The predicted molar refractivity (Wildman–Crippen MR) is 74.0 cm³/mol. The highest BCUT2D eigenvalue weighted by Crippen LogP contribution is 2.31. The van der Waals surface area contributed by atoms with Crippen molar-refractivity contribution in [2.75, 3.05) is 25.6 Å². The van der Waals surface area contributed by atoms with Crippen molar-refractivity contribution in [3.8, 4) is 5.75 Å². The summed E-state index contributed by atoms with van der Waals surface area (Å²) in [6.07, 6.45) is 1.67. The molecule has 1 fully saturated rings. The first-order valence-electron chi connectivity index (χ1n) is 6.18. The molecule has 2 N–H and O–H groups in total. The number of hydrogen-bond donors (Lipinski definition) is 2. The molecule has 2 amide bonds. The van der Waals surface area contributed by atoms with E-state index in [0.717, 1.165) is 12.8 Å². The average Bonchev–Trinajstić information content (AvgIpc) is 2.42. The van der Waals surface area contributed by atoms with E-state index in [-0.39, 0.29) is 12.1 Å². The highest BCUT2D eigenvalue weighted by Gasteiger charge is 2.17. The molecule has 19 heavy (non-hydrogen) atoms. The standard InChI is InChI=1S/C13H17ClN2O3/c1-18-11-4-2-3-10(12(11)14)16-13(17)15-9-5-7-19-8-6-9/h2-4,9H,5-8H2,1H3,(H2,15,16,17). The number of carbonyl (C=O) groups is 1. The van der Waals surface area contributed by atoms with Crippen molar-refractivity contribution in [1.29, 1.82) is 0 Å². The number of methoxy groups -OCH3 is 1. The first-order chi connectivity index (χ1) is 9.20. The molecule has 1 aromatic carbocycles. The summed E-state index contributed by atoms with van der Waals surface area (Å²) < 4.78 is 10.3. The molecule has 0 bridgehead atoms. The average molecular weight is 285 g/mol. The van der Waals surface area contributed by atoms with E-state index < -0.39 is 0 Å². The number of urea groups is 1. The number of benzene rings is 1. The van der Waals surface area contributed by atoms with E-state index in [0.29, 0.717) is 29.7 Å². The lowest BCUT2D eigenvalue weighted by molar-refractivity contribution is 0.0806. The molecule has 5 nitrogen and oxygen atoms in total. The summed E-state index contributed by atoms with van der Waals surface area (Å²) in [6, 6.07) is 5.13. The van der Waals surface area contributed by atoms with Crippen LogP contribution in [-0.4, -0.2) is 32.4 Å². The van der Waals surface area contributed by atoms with Crippen LogP contribution in [0.25, 0.3) is 0 Å². The van der Waals surface area contributed by atoms with E-state index in [2.05, 4.69) is 10.6 Å². The Balaban J connectivity index is 1.94. The van der Waals surface area contributed by atoms with Crippen LogP contribution < -0.4 is 15.4 Å². The monoisotopic (exact) mass is 284 g/mol. The van der Waals surface area contributed by atoms with E-state index in [1.165, 1.54) is 7.11 Å². The van der Waals surface area contributed by atoms with Crippen LogP contribution in [0.1, 0.15) is 12.8 Å². The van der Waals surface area contributed by atoms with Gasteiger partial charge in [0, 0.05) is 19.3 Å². The fourth-order valence-electron chi connectivity index (χ4n) is 1.95. The number of amides is 2. The van der Waals surface area contributed by atoms with Crippen molar-refractivity contribution in [3.63, 3.8) is 0 Å². The molecule has 104 valence electrons. The van der Waals surface area contributed by atoms with Crippen molar-refractivity contribution in [3.05, 3.63) is 23.2 Å². The molecule has 1 aliphatic rings. The zero-order chi connectivity index (χ0) is 13.7. The van der Waals surface area contributed by atoms with Crippen LogP contribution >= 0.6 is 11.6 Å². The van der Waals surface area contributed by atoms with Gasteiger partial charge in [-0.3, -0.25) is 0 Å². The van der Waals surface area contributed by atoms with Crippen molar-refractivity contribution >= 4 is 23.3 Å². The van der Waals surface area contributed by atoms with Gasteiger partial charge in [0.15, 0.2) is 0 Å². The maximum atomic E-state index is 11.9. The summed E-state index contributed by atoms with van der Waals surface area (Å²) in [5.41, 5.74) is 0.533. The van der Waals surface area contributed by atoms with E-state index in [1.807, 2.05) is 0 Å². The van der Waals surface area contributed by atoms with Gasteiger partial charge in [-0.25, -0.2) is 4.79 Å². The Kier molecular flexibility index (Phi) is 4.87. The Morgan fingerprint density at radius 2 is 2.16 bits per heavy atom. The Hall–Kier alpha value is -1.46. The summed E-state index contributed by atoms with van der Waals surface area (Å²) in [5.74, 6) is 0.533. The van der Waals surface area contributed by atoms with Crippen molar-refractivity contribution in [2.45, 2.75) is 18.9 Å². The van der Waals surface area contributed by atoms with Gasteiger partial charge in [-0.2, -0.15) is 0 Å². The number of rotatable bonds is 3. The molecular formula is C13H17ClN2O3. The number of hydrogen-bond acceptors (Lipinski definition) is 3. The predicted octanol–water partition coefficient (Wildman–Crippen LogP) is 2.65. The second-order valence-corrected chi connectivity index (χ2v) is 4.68. The zero-order valence-electron chi connectivity index (χ0n) is 10.7. The minimum Gasteiger partial charge on any atom is -0.495 e. The minimum absolute atomic E-state index is 0.151. The molecule has 6 heteroatoms. The molecule has 1 heterocycles. The summed E-state index contributed by atoms with van der Waals surface area (Å²) in [7, 11) is 1.53. The molecule has 1 saturated heterocycles. The lowest BCUT2D eigenvalue weighted by atomic mass is 10.1. The number of halogens is 1. The van der Waals surface area contributed by atoms with Crippen molar-refractivity contribution in [1.82, 2.24) is 5.32 Å². The van der Waals surface area contributed by atoms with Crippen LogP contribution in [0.3, 0.4) is 0 Å². The fraction of sp³-hybridized carbons (Fsp3) is 0.462. The highest BCUT2D eigenvalue weighted by molar-refractivity contribution is 6.35. The second kappa shape index (κ2) is 6.63. The fourth-order valence-corrected chi connectivity index (χ4v) is 2.20. The highest BCUT2D eigenvalue weighted by atomic mass is 35.5. The van der Waals surface area contributed by atoms with Crippen LogP contribution in [0.15, 0.2) is 18.2 Å². The maximum absolute atomic E-state index is 11.9.